The molecule has 1 amide bonds. The van der Waals surface area contributed by atoms with Gasteiger partial charge < -0.3 is 10.5 Å². The lowest BCUT2D eigenvalue weighted by atomic mass is 10.1. The van der Waals surface area contributed by atoms with Crippen molar-refractivity contribution in [3.8, 4) is 11.5 Å². The van der Waals surface area contributed by atoms with Gasteiger partial charge in [0.25, 0.3) is 0 Å². The van der Waals surface area contributed by atoms with Crippen molar-refractivity contribution in [3.05, 3.63) is 59.7 Å². The van der Waals surface area contributed by atoms with Crippen LogP contribution in [0.3, 0.4) is 0 Å². The third kappa shape index (κ3) is 3.35. The molecule has 0 spiro atoms. The minimum Gasteiger partial charge on any atom is -0.457 e. The first kappa shape index (κ1) is 12.2. The van der Waals surface area contributed by atoms with Crippen molar-refractivity contribution in [1.82, 2.24) is 0 Å². The maximum absolute atomic E-state index is 10.9. The number of aryl methyl sites for hydroxylation is 1. The van der Waals surface area contributed by atoms with E-state index in [2.05, 4.69) is 0 Å². The van der Waals surface area contributed by atoms with Crippen LogP contribution in [0.2, 0.25) is 0 Å². The SMILES string of the molecule is Cc1ccc(Oc2cccc(CC(N)=O)c2)cc1. The van der Waals surface area contributed by atoms with E-state index in [-0.39, 0.29) is 12.3 Å². The zero-order valence-corrected chi connectivity index (χ0v) is 10.2. The standard InChI is InChI=1S/C15H15NO2/c1-11-5-7-13(8-6-11)18-14-4-2-3-12(9-14)10-15(16)17/h2-9H,10H2,1H3,(H2,16,17). The Balaban J connectivity index is 2.13. The van der Waals surface area contributed by atoms with Crippen molar-refractivity contribution in [2.45, 2.75) is 13.3 Å². The predicted molar refractivity (Wildman–Crippen MR) is 70.6 cm³/mol. The molecule has 0 aliphatic carbocycles. The largest absolute Gasteiger partial charge is 0.457 e. The van der Waals surface area contributed by atoms with Crippen LogP contribution in [0, 0.1) is 6.92 Å². The van der Waals surface area contributed by atoms with Crippen molar-refractivity contribution >= 4 is 5.91 Å². The van der Waals surface area contributed by atoms with Gasteiger partial charge in [-0.3, -0.25) is 4.79 Å². The molecule has 0 aliphatic rings. The van der Waals surface area contributed by atoms with Crippen molar-refractivity contribution in [1.29, 1.82) is 0 Å². The Kier molecular flexibility index (Phi) is 3.63. The second-order valence-corrected chi connectivity index (χ2v) is 4.21. The van der Waals surface area contributed by atoms with Gasteiger partial charge in [-0.05, 0) is 36.8 Å². The van der Waals surface area contributed by atoms with Crippen molar-refractivity contribution < 1.29 is 9.53 Å². The Morgan fingerprint density at radius 2 is 1.83 bits per heavy atom. The summed E-state index contributed by atoms with van der Waals surface area (Å²) in [6.07, 6.45) is 0.227. The number of amides is 1. The molecule has 0 saturated heterocycles. The monoisotopic (exact) mass is 241 g/mol. The summed E-state index contributed by atoms with van der Waals surface area (Å²) >= 11 is 0. The van der Waals surface area contributed by atoms with Gasteiger partial charge in [-0.25, -0.2) is 0 Å². The molecule has 0 atom stereocenters. The number of hydrogen-bond donors (Lipinski definition) is 1. The number of carbonyl (C=O) groups is 1. The number of hydrogen-bond acceptors (Lipinski definition) is 2. The van der Waals surface area contributed by atoms with Crippen molar-refractivity contribution in [2.75, 3.05) is 0 Å². The highest BCUT2D eigenvalue weighted by molar-refractivity contribution is 5.76. The minimum atomic E-state index is -0.345. The minimum absolute atomic E-state index is 0.227. The van der Waals surface area contributed by atoms with Crippen LogP contribution in [-0.4, -0.2) is 5.91 Å². The normalized spacial score (nSPS) is 10.1. The fraction of sp³-hybridized carbons (Fsp3) is 0.133. The molecule has 0 aromatic heterocycles. The lowest BCUT2D eigenvalue weighted by Crippen LogP contribution is -2.13. The van der Waals surface area contributed by atoms with E-state index < -0.39 is 0 Å². The highest BCUT2D eigenvalue weighted by Gasteiger charge is 2.01. The number of benzene rings is 2. The molecule has 18 heavy (non-hydrogen) atoms. The average molecular weight is 241 g/mol. The van der Waals surface area contributed by atoms with Gasteiger partial charge in [0.1, 0.15) is 11.5 Å². The molecule has 92 valence electrons. The van der Waals surface area contributed by atoms with Gasteiger partial charge in [-0.15, -0.1) is 0 Å². The first-order chi connectivity index (χ1) is 8.63. The Morgan fingerprint density at radius 3 is 2.50 bits per heavy atom. The summed E-state index contributed by atoms with van der Waals surface area (Å²) in [5.41, 5.74) is 7.20. The van der Waals surface area contributed by atoms with Gasteiger partial charge in [0.15, 0.2) is 0 Å². The number of carbonyl (C=O) groups excluding carboxylic acids is 1. The fourth-order valence-electron chi connectivity index (χ4n) is 1.66. The third-order valence-electron chi connectivity index (χ3n) is 2.53. The smallest absolute Gasteiger partial charge is 0.221 e. The highest BCUT2D eigenvalue weighted by Crippen LogP contribution is 2.22. The lowest BCUT2D eigenvalue weighted by Gasteiger charge is -2.07. The van der Waals surface area contributed by atoms with E-state index in [1.54, 1.807) is 0 Å². The van der Waals surface area contributed by atoms with Gasteiger partial charge in [0, 0.05) is 0 Å². The molecule has 2 rings (SSSR count). The van der Waals surface area contributed by atoms with Crippen LogP contribution in [0.5, 0.6) is 11.5 Å². The maximum Gasteiger partial charge on any atom is 0.221 e. The molecular weight excluding hydrogens is 226 g/mol. The zero-order chi connectivity index (χ0) is 13.0. The summed E-state index contributed by atoms with van der Waals surface area (Å²) in [7, 11) is 0. The summed E-state index contributed by atoms with van der Waals surface area (Å²) < 4.78 is 5.70. The number of rotatable bonds is 4. The van der Waals surface area contributed by atoms with Crippen molar-refractivity contribution in [2.24, 2.45) is 5.73 Å². The Morgan fingerprint density at radius 1 is 1.11 bits per heavy atom. The molecule has 0 saturated carbocycles. The fourth-order valence-corrected chi connectivity index (χ4v) is 1.66. The van der Waals surface area contributed by atoms with Gasteiger partial charge in [-0.1, -0.05) is 29.8 Å². The number of primary amides is 1. The average Bonchev–Trinajstić information content (AvgIpc) is 2.32. The third-order valence-corrected chi connectivity index (χ3v) is 2.53. The first-order valence-electron chi connectivity index (χ1n) is 5.75. The van der Waals surface area contributed by atoms with Crippen LogP contribution in [0.25, 0.3) is 0 Å². The Hall–Kier alpha value is -2.29. The maximum atomic E-state index is 10.9. The summed E-state index contributed by atoms with van der Waals surface area (Å²) in [6.45, 7) is 2.03. The Bertz CT molecular complexity index is 547. The quantitative estimate of drug-likeness (QED) is 0.894. The summed E-state index contributed by atoms with van der Waals surface area (Å²) in [5, 5.41) is 0. The van der Waals surface area contributed by atoms with Crippen molar-refractivity contribution in [3.63, 3.8) is 0 Å². The van der Waals surface area contributed by atoms with Crippen LogP contribution in [0.4, 0.5) is 0 Å². The van der Waals surface area contributed by atoms with Crippen LogP contribution >= 0.6 is 0 Å². The van der Waals surface area contributed by atoms with Crippen LogP contribution < -0.4 is 10.5 Å². The van der Waals surface area contributed by atoms with E-state index in [4.69, 9.17) is 10.5 Å². The molecule has 0 unspecified atom stereocenters. The molecule has 0 radical (unpaired) electrons. The van der Waals surface area contributed by atoms with E-state index in [0.717, 1.165) is 11.3 Å². The second kappa shape index (κ2) is 5.36. The van der Waals surface area contributed by atoms with Gasteiger partial charge in [0.05, 0.1) is 6.42 Å². The molecule has 0 fully saturated rings. The van der Waals surface area contributed by atoms with E-state index in [1.165, 1.54) is 5.56 Å². The molecule has 3 heteroatoms. The molecule has 2 N–H and O–H groups in total. The van der Waals surface area contributed by atoms with Crippen LogP contribution in [-0.2, 0) is 11.2 Å². The lowest BCUT2D eigenvalue weighted by molar-refractivity contribution is -0.117. The summed E-state index contributed by atoms with van der Waals surface area (Å²) in [5.74, 6) is 1.14. The van der Waals surface area contributed by atoms with Gasteiger partial charge in [-0.2, -0.15) is 0 Å². The van der Waals surface area contributed by atoms with Crippen LogP contribution in [0.15, 0.2) is 48.5 Å². The summed E-state index contributed by atoms with van der Waals surface area (Å²) in [6, 6.07) is 15.2. The zero-order valence-electron chi connectivity index (χ0n) is 10.2. The van der Waals surface area contributed by atoms with E-state index >= 15 is 0 Å². The molecule has 2 aromatic rings. The first-order valence-corrected chi connectivity index (χ1v) is 5.75. The van der Waals surface area contributed by atoms with Gasteiger partial charge in [0.2, 0.25) is 5.91 Å². The number of ether oxygens (including phenoxy) is 1. The topological polar surface area (TPSA) is 52.3 Å². The van der Waals surface area contributed by atoms with E-state index in [9.17, 15) is 4.79 Å². The predicted octanol–water partition coefficient (Wildman–Crippen LogP) is 2.82. The van der Waals surface area contributed by atoms with E-state index in [0.29, 0.717) is 5.75 Å². The molecule has 0 bridgehead atoms. The second-order valence-electron chi connectivity index (χ2n) is 4.21. The molecule has 3 nitrogen and oxygen atoms in total. The molecule has 0 aliphatic heterocycles. The highest BCUT2D eigenvalue weighted by atomic mass is 16.5. The summed E-state index contributed by atoms with van der Waals surface area (Å²) in [4.78, 5) is 10.9. The Labute approximate surface area is 106 Å². The molecular formula is C15H15NO2. The molecule has 2 aromatic carbocycles. The van der Waals surface area contributed by atoms with E-state index in [1.807, 2.05) is 55.5 Å². The van der Waals surface area contributed by atoms with Gasteiger partial charge >= 0.3 is 0 Å². The molecule has 0 heterocycles. The number of nitrogens with two attached hydrogens (primary N) is 1. The van der Waals surface area contributed by atoms with Crippen LogP contribution in [0.1, 0.15) is 11.1 Å².